The molecule has 1 nitrogen and oxygen atoms in total. The van der Waals surface area contributed by atoms with Crippen molar-refractivity contribution in [2.45, 2.75) is 25.4 Å². The lowest BCUT2D eigenvalue weighted by Gasteiger charge is -2.23. The monoisotopic (exact) mass is 287 g/mol. The highest BCUT2D eigenvalue weighted by Gasteiger charge is 2.23. The molecule has 0 aliphatic carbocycles. The molecule has 1 unspecified atom stereocenters. The van der Waals surface area contributed by atoms with Gasteiger partial charge in [-0.1, -0.05) is 34.1 Å². The minimum absolute atomic E-state index is 0.568. The van der Waals surface area contributed by atoms with Crippen molar-refractivity contribution in [3.8, 4) is 0 Å². The van der Waals surface area contributed by atoms with Crippen LogP contribution in [0.25, 0.3) is 0 Å². The Bertz CT molecular complexity index is 329. The molecule has 15 heavy (non-hydrogen) atoms. The van der Waals surface area contributed by atoms with Crippen LogP contribution >= 0.6 is 27.5 Å². The third-order valence-electron chi connectivity index (χ3n) is 3.01. The lowest BCUT2D eigenvalue weighted by Crippen LogP contribution is -2.30. The number of alkyl halides is 1. The molecule has 0 spiro atoms. The van der Waals surface area contributed by atoms with Gasteiger partial charge < -0.3 is 0 Å². The molecule has 1 heterocycles. The quantitative estimate of drug-likeness (QED) is 0.767. The maximum Gasteiger partial charge on any atom is 0.0379 e. The number of benzene rings is 1. The van der Waals surface area contributed by atoms with E-state index in [0.29, 0.717) is 6.04 Å². The highest BCUT2D eigenvalue weighted by atomic mass is 79.9. The van der Waals surface area contributed by atoms with Gasteiger partial charge in [0, 0.05) is 22.9 Å². The zero-order chi connectivity index (χ0) is 10.7. The van der Waals surface area contributed by atoms with Gasteiger partial charge in [0.2, 0.25) is 0 Å². The second kappa shape index (κ2) is 5.33. The fraction of sp³-hybridized carbons (Fsp3) is 0.500. The van der Waals surface area contributed by atoms with Crippen LogP contribution in [0, 0.1) is 0 Å². The van der Waals surface area contributed by atoms with Crippen molar-refractivity contribution in [2.75, 3.05) is 12.4 Å². The second-order valence-electron chi connectivity index (χ2n) is 4.01. The predicted molar refractivity (Wildman–Crippen MR) is 68.3 cm³/mol. The van der Waals surface area contributed by atoms with Crippen LogP contribution in [0.1, 0.15) is 18.4 Å². The lowest BCUT2D eigenvalue weighted by atomic mass is 10.2. The average Bonchev–Trinajstić information content (AvgIpc) is 2.69. The molecule has 1 aromatic rings. The second-order valence-corrected chi connectivity index (χ2v) is 5.18. The van der Waals surface area contributed by atoms with Crippen LogP contribution in [0.4, 0.5) is 0 Å². The molecular formula is C12H15BrClN. The first-order valence-corrected chi connectivity index (χ1v) is 6.67. The van der Waals surface area contributed by atoms with Gasteiger partial charge in [-0.3, -0.25) is 4.90 Å². The number of hydrogen-bond acceptors (Lipinski definition) is 1. The van der Waals surface area contributed by atoms with Crippen molar-refractivity contribution in [3.63, 3.8) is 0 Å². The van der Waals surface area contributed by atoms with Crippen LogP contribution < -0.4 is 0 Å². The molecule has 1 aliphatic rings. The number of rotatable bonds is 3. The Kier molecular flexibility index (Phi) is 4.06. The molecule has 1 aliphatic heterocycles. The number of hydrogen-bond donors (Lipinski definition) is 0. The molecule has 0 bridgehead atoms. The largest absolute Gasteiger partial charge is 0.295 e. The van der Waals surface area contributed by atoms with Gasteiger partial charge >= 0.3 is 0 Å². The van der Waals surface area contributed by atoms with Crippen LogP contribution in [0.5, 0.6) is 0 Å². The fourth-order valence-corrected chi connectivity index (χ4v) is 2.88. The van der Waals surface area contributed by atoms with E-state index in [1.165, 1.54) is 29.4 Å². The van der Waals surface area contributed by atoms with Gasteiger partial charge in [0.25, 0.3) is 0 Å². The van der Waals surface area contributed by atoms with Crippen molar-refractivity contribution < 1.29 is 0 Å². The Morgan fingerprint density at radius 3 is 2.93 bits per heavy atom. The Balaban J connectivity index is 2.05. The molecule has 0 amide bonds. The van der Waals surface area contributed by atoms with Gasteiger partial charge in [-0.25, -0.2) is 0 Å². The SMILES string of the molecule is ClCC1CCCN1Cc1ccccc1Br. The molecule has 1 fully saturated rings. The summed E-state index contributed by atoms with van der Waals surface area (Å²) in [5.41, 5.74) is 1.36. The van der Waals surface area contributed by atoms with E-state index in [2.05, 4.69) is 45.1 Å². The van der Waals surface area contributed by atoms with E-state index in [1.54, 1.807) is 0 Å². The first kappa shape index (κ1) is 11.4. The summed E-state index contributed by atoms with van der Waals surface area (Å²) in [5.74, 6) is 0.754. The summed E-state index contributed by atoms with van der Waals surface area (Å²) in [6.45, 7) is 2.19. The van der Waals surface area contributed by atoms with Crippen molar-refractivity contribution >= 4 is 27.5 Å². The average molecular weight is 289 g/mol. The Labute approximate surface area is 105 Å². The first-order chi connectivity index (χ1) is 7.31. The van der Waals surface area contributed by atoms with Crippen LogP contribution in [-0.2, 0) is 6.54 Å². The first-order valence-electron chi connectivity index (χ1n) is 5.34. The maximum absolute atomic E-state index is 5.96. The van der Waals surface area contributed by atoms with E-state index in [0.717, 1.165) is 12.4 Å². The summed E-state index contributed by atoms with van der Waals surface area (Å²) in [7, 11) is 0. The van der Waals surface area contributed by atoms with Crippen molar-refractivity contribution in [3.05, 3.63) is 34.3 Å². The molecule has 3 heteroatoms. The zero-order valence-electron chi connectivity index (χ0n) is 8.63. The summed E-state index contributed by atoms with van der Waals surface area (Å²) in [6, 6.07) is 8.98. The number of nitrogens with zero attached hydrogens (tertiary/aromatic N) is 1. The van der Waals surface area contributed by atoms with Crippen LogP contribution in [0.3, 0.4) is 0 Å². The minimum Gasteiger partial charge on any atom is -0.295 e. The molecule has 0 N–H and O–H groups in total. The van der Waals surface area contributed by atoms with Crippen LogP contribution in [-0.4, -0.2) is 23.4 Å². The van der Waals surface area contributed by atoms with Crippen LogP contribution in [0.2, 0.25) is 0 Å². The van der Waals surface area contributed by atoms with Gasteiger partial charge in [0.15, 0.2) is 0 Å². The molecule has 0 saturated carbocycles. The third-order valence-corrected chi connectivity index (χ3v) is 4.14. The lowest BCUT2D eigenvalue weighted by molar-refractivity contribution is 0.262. The van der Waals surface area contributed by atoms with Crippen LogP contribution in [0.15, 0.2) is 28.7 Å². The normalized spacial score (nSPS) is 22.1. The Morgan fingerprint density at radius 2 is 2.20 bits per heavy atom. The maximum atomic E-state index is 5.96. The highest BCUT2D eigenvalue weighted by Crippen LogP contribution is 2.24. The fourth-order valence-electron chi connectivity index (χ4n) is 2.12. The molecular weight excluding hydrogens is 273 g/mol. The Morgan fingerprint density at radius 1 is 1.40 bits per heavy atom. The number of likely N-dealkylation sites (tertiary alicyclic amines) is 1. The van der Waals surface area contributed by atoms with Crippen molar-refractivity contribution in [1.29, 1.82) is 0 Å². The molecule has 1 saturated heterocycles. The summed E-state index contributed by atoms with van der Waals surface area (Å²) in [4.78, 5) is 2.48. The van der Waals surface area contributed by atoms with Gasteiger partial charge in [-0.15, -0.1) is 11.6 Å². The standard InChI is InChI=1S/C12H15BrClN/c13-12-6-2-1-4-10(12)9-15-7-3-5-11(15)8-14/h1-2,4,6,11H,3,5,7-9H2. The molecule has 0 aromatic heterocycles. The zero-order valence-corrected chi connectivity index (χ0v) is 11.0. The molecule has 0 radical (unpaired) electrons. The summed E-state index contributed by atoms with van der Waals surface area (Å²) in [6.07, 6.45) is 2.52. The molecule has 1 atom stereocenters. The smallest absolute Gasteiger partial charge is 0.0379 e. The van der Waals surface area contributed by atoms with Gasteiger partial charge in [0.05, 0.1) is 0 Å². The molecule has 82 valence electrons. The summed E-state index contributed by atoms with van der Waals surface area (Å²) in [5, 5.41) is 0. The van der Waals surface area contributed by atoms with Gasteiger partial charge in [-0.2, -0.15) is 0 Å². The third kappa shape index (κ3) is 2.74. The van der Waals surface area contributed by atoms with E-state index in [-0.39, 0.29) is 0 Å². The van der Waals surface area contributed by atoms with E-state index < -0.39 is 0 Å². The van der Waals surface area contributed by atoms with E-state index in [1.807, 2.05) is 0 Å². The van der Waals surface area contributed by atoms with Gasteiger partial charge in [0.1, 0.15) is 0 Å². The predicted octanol–water partition coefficient (Wildman–Crippen LogP) is 3.65. The van der Waals surface area contributed by atoms with E-state index in [9.17, 15) is 0 Å². The molecule has 1 aromatic carbocycles. The molecule has 2 rings (SSSR count). The highest BCUT2D eigenvalue weighted by molar-refractivity contribution is 9.10. The van der Waals surface area contributed by atoms with E-state index in [4.69, 9.17) is 11.6 Å². The van der Waals surface area contributed by atoms with E-state index >= 15 is 0 Å². The summed E-state index contributed by atoms with van der Waals surface area (Å²) >= 11 is 9.54. The Hall–Kier alpha value is -0.0500. The number of halogens is 2. The summed E-state index contributed by atoms with van der Waals surface area (Å²) < 4.78 is 1.20. The minimum atomic E-state index is 0.568. The van der Waals surface area contributed by atoms with Gasteiger partial charge in [-0.05, 0) is 31.0 Å². The van der Waals surface area contributed by atoms with Crippen molar-refractivity contribution in [1.82, 2.24) is 4.90 Å². The topological polar surface area (TPSA) is 3.24 Å². The van der Waals surface area contributed by atoms with Crippen molar-refractivity contribution in [2.24, 2.45) is 0 Å².